The molecular formula is C10H19N5S. The van der Waals surface area contributed by atoms with Crippen LogP contribution in [0.3, 0.4) is 0 Å². The summed E-state index contributed by atoms with van der Waals surface area (Å²) in [5, 5.41) is 8.07. The zero-order valence-electron chi connectivity index (χ0n) is 9.67. The first-order valence-electron chi connectivity index (χ1n) is 5.65. The van der Waals surface area contributed by atoms with Crippen molar-refractivity contribution in [1.29, 1.82) is 0 Å². The highest BCUT2D eigenvalue weighted by atomic mass is 32.2. The lowest BCUT2D eigenvalue weighted by molar-refractivity contribution is 0.153. The number of hydrogen-bond donors (Lipinski definition) is 1. The molecule has 1 aromatic heterocycles. The van der Waals surface area contributed by atoms with Crippen LogP contribution >= 0.6 is 11.8 Å². The summed E-state index contributed by atoms with van der Waals surface area (Å²) in [5.41, 5.74) is 5.85. The molecule has 0 amide bonds. The molecule has 0 spiro atoms. The average molecular weight is 241 g/mol. The molecule has 0 radical (unpaired) electrons. The summed E-state index contributed by atoms with van der Waals surface area (Å²) < 4.78 is 2.12. The highest BCUT2D eigenvalue weighted by Crippen LogP contribution is 2.15. The van der Waals surface area contributed by atoms with Crippen LogP contribution in [0.1, 0.15) is 12.2 Å². The predicted molar refractivity (Wildman–Crippen MR) is 66.3 cm³/mol. The van der Waals surface area contributed by atoms with E-state index in [0.29, 0.717) is 6.04 Å². The largest absolute Gasteiger partial charge is 0.329 e. The van der Waals surface area contributed by atoms with Crippen molar-refractivity contribution in [2.24, 2.45) is 5.73 Å². The van der Waals surface area contributed by atoms with Gasteiger partial charge in [-0.3, -0.25) is 4.90 Å². The van der Waals surface area contributed by atoms with Crippen LogP contribution in [0.2, 0.25) is 0 Å². The van der Waals surface area contributed by atoms with Gasteiger partial charge in [0.25, 0.3) is 0 Å². The van der Waals surface area contributed by atoms with Gasteiger partial charge in [0.15, 0.2) is 0 Å². The van der Waals surface area contributed by atoms with E-state index in [9.17, 15) is 0 Å². The van der Waals surface area contributed by atoms with Crippen LogP contribution in [0.4, 0.5) is 0 Å². The van der Waals surface area contributed by atoms with Gasteiger partial charge in [-0.15, -0.1) is 10.2 Å². The zero-order chi connectivity index (χ0) is 11.4. The topological polar surface area (TPSA) is 60.0 Å². The molecule has 0 fully saturated rings. The van der Waals surface area contributed by atoms with Gasteiger partial charge in [0.2, 0.25) is 0 Å². The summed E-state index contributed by atoms with van der Waals surface area (Å²) >= 11 is 1.88. The quantitative estimate of drug-likeness (QED) is 0.796. The monoisotopic (exact) mass is 241 g/mol. The second kappa shape index (κ2) is 5.65. The van der Waals surface area contributed by atoms with E-state index in [1.165, 1.54) is 5.75 Å². The first-order chi connectivity index (χ1) is 7.85. The Hall–Kier alpha value is -0.590. The van der Waals surface area contributed by atoms with Crippen LogP contribution in [0.5, 0.6) is 0 Å². The minimum absolute atomic E-state index is 0.484. The smallest absolute Gasteiger partial charge is 0.147 e. The third-order valence-corrected chi connectivity index (χ3v) is 3.76. The maximum atomic E-state index is 5.85. The Bertz CT molecular complexity index is 327. The number of nitrogens with zero attached hydrogens (tertiary/aromatic N) is 4. The summed E-state index contributed by atoms with van der Waals surface area (Å²) in [6.07, 6.45) is 5.11. The Morgan fingerprint density at radius 2 is 2.44 bits per heavy atom. The molecule has 5 nitrogen and oxygen atoms in total. The van der Waals surface area contributed by atoms with Gasteiger partial charge in [0.05, 0.1) is 6.54 Å². The van der Waals surface area contributed by atoms with Crippen molar-refractivity contribution in [3.63, 3.8) is 0 Å². The molecule has 0 saturated heterocycles. The number of hydrogen-bond acceptors (Lipinski definition) is 5. The number of aromatic nitrogens is 3. The maximum absolute atomic E-state index is 5.85. The van der Waals surface area contributed by atoms with Crippen LogP contribution in [0, 0.1) is 0 Å². The zero-order valence-corrected chi connectivity index (χ0v) is 10.5. The standard InChI is InChI=1S/C10H19N5S/c1-16-5-2-9(6-11)14-3-4-15-8-12-13-10(15)7-14/h8-9H,2-7,11H2,1H3. The van der Waals surface area contributed by atoms with E-state index in [-0.39, 0.29) is 0 Å². The van der Waals surface area contributed by atoms with Crippen molar-refractivity contribution in [1.82, 2.24) is 19.7 Å². The molecule has 0 bridgehead atoms. The number of rotatable bonds is 5. The number of thioether (sulfide) groups is 1. The maximum Gasteiger partial charge on any atom is 0.147 e. The lowest BCUT2D eigenvalue weighted by atomic mass is 10.1. The van der Waals surface area contributed by atoms with Gasteiger partial charge >= 0.3 is 0 Å². The SMILES string of the molecule is CSCCC(CN)N1CCn2cnnc2C1. The summed E-state index contributed by atoms with van der Waals surface area (Å²) in [7, 11) is 0. The van der Waals surface area contributed by atoms with Gasteiger partial charge in [0.1, 0.15) is 12.2 Å². The second-order valence-electron chi connectivity index (χ2n) is 4.08. The Balaban J connectivity index is 1.95. The number of fused-ring (bicyclic) bond motifs is 1. The summed E-state index contributed by atoms with van der Waals surface area (Å²) in [4.78, 5) is 2.43. The van der Waals surface area contributed by atoms with Crippen LogP contribution in [0.15, 0.2) is 6.33 Å². The Labute approximate surface area is 100 Å². The molecule has 2 rings (SSSR count). The van der Waals surface area contributed by atoms with Gasteiger partial charge in [-0.2, -0.15) is 11.8 Å². The van der Waals surface area contributed by atoms with Crippen molar-refractivity contribution in [2.75, 3.05) is 25.1 Å². The molecule has 1 aromatic rings. The molecule has 1 aliphatic rings. The fourth-order valence-electron chi connectivity index (χ4n) is 2.10. The summed E-state index contributed by atoms with van der Waals surface area (Å²) in [5.74, 6) is 2.24. The molecule has 2 heterocycles. The van der Waals surface area contributed by atoms with Gasteiger partial charge < -0.3 is 10.3 Å². The van der Waals surface area contributed by atoms with Crippen LogP contribution < -0.4 is 5.73 Å². The summed E-state index contributed by atoms with van der Waals surface area (Å²) in [6.45, 7) is 3.66. The molecule has 0 aromatic carbocycles. The molecular weight excluding hydrogens is 222 g/mol. The predicted octanol–water partition coefficient (Wildman–Crippen LogP) is 0.174. The normalized spacial score (nSPS) is 18.4. The minimum Gasteiger partial charge on any atom is -0.329 e. The lowest BCUT2D eigenvalue weighted by Crippen LogP contribution is -2.45. The van der Waals surface area contributed by atoms with E-state index in [1.807, 2.05) is 18.1 Å². The first kappa shape index (κ1) is 11.9. The van der Waals surface area contributed by atoms with E-state index in [1.54, 1.807) is 0 Å². The fourth-order valence-corrected chi connectivity index (χ4v) is 2.61. The lowest BCUT2D eigenvalue weighted by Gasteiger charge is -2.33. The van der Waals surface area contributed by atoms with E-state index in [0.717, 1.165) is 38.4 Å². The van der Waals surface area contributed by atoms with Gasteiger partial charge in [-0.25, -0.2) is 0 Å². The third-order valence-electron chi connectivity index (χ3n) is 3.11. The van der Waals surface area contributed by atoms with Crippen LogP contribution in [-0.4, -0.2) is 50.8 Å². The first-order valence-corrected chi connectivity index (χ1v) is 7.04. The molecule has 1 unspecified atom stereocenters. The van der Waals surface area contributed by atoms with Crippen LogP contribution in [0.25, 0.3) is 0 Å². The molecule has 0 aliphatic carbocycles. The molecule has 1 aliphatic heterocycles. The van der Waals surface area contributed by atoms with E-state index >= 15 is 0 Å². The van der Waals surface area contributed by atoms with E-state index in [4.69, 9.17) is 5.73 Å². The van der Waals surface area contributed by atoms with Gasteiger partial charge in [0, 0.05) is 25.7 Å². The van der Waals surface area contributed by atoms with E-state index in [2.05, 4.69) is 25.9 Å². The Morgan fingerprint density at radius 3 is 3.19 bits per heavy atom. The molecule has 6 heteroatoms. The average Bonchev–Trinajstić information content (AvgIpc) is 2.77. The third kappa shape index (κ3) is 2.56. The molecule has 16 heavy (non-hydrogen) atoms. The minimum atomic E-state index is 0.484. The van der Waals surface area contributed by atoms with E-state index < -0.39 is 0 Å². The highest BCUT2D eigenvalue weighted by Gasteiger charge is 2.23. The highest BCUT2D eigenvalue weighted by molar-refractivity contribution is 7.98. The molecule has 1 atom stereocenters. The Kier molecular flexibility index (Phi) is 4.20. The summed E-state index contributed by atoms with van der Waals surface area (Å²) in [6, 6.07) is 0.484. The Morgan fingerprint density at radius 1 is 1.56 bits per heavy atom. The van der Waals surface area contributed by atoms with Gasteiger partial charge in [-0.1, -0.05) is 0 Å². The molecule has 90 valence electrons. The van der Waals surface area contributed by atoms with Crippen LogP contribution in [-0.2, 0) is 13.1 Å². The van der Waals surface area contributed by atoms with Crippen molar-refractivity contribution in [3.05, 3.63) is 12.2 Å². The molecule has 2 N–H and O–H groups in total. The fraction of sp³-hybridized carbons (Fsp3) is 0.800. The number of nitrogens with two attached hydrogens (primary N) is 1. The molecule has 0 saturated carbocycles. The van der Waals surface area contributed by atoms with Gasteiger partial charge in [-0.05, 0) is 18.4 Å². The van der Waals surface area contributed by atoms with Crippen molar-refractivity contribution in [2.45, 2.75) is 25.6 Å². The van der Waals surface area contributed by atoms with Crippen molar-refractivity contribution in [3.8, 4) is 0 Å². The van der Waals surface area contributed by atoms with Crippen molar-refractivity contribution < 1.29 is 0 Å². The second-order valence-corrected chi connectivity index (χ2v) is 5.07. The van der Waals surface area contributed by atoms with Crippen molar-refractivity contribution >= 4 is 11.8 Å².